The molecule has 3 fully saturated rings. The Labute approximate surface area is 171 Å². The van der Waals surface area contributed by atoms with Crippen LogP contribution in [0.25, 0.3) is 0 Å². The number of rotatable bonds is 3. The minimum atomic E-state index is -1.39. The molecule has 0 aromatic carbocycles. The van der Waals surface area contributed by atoms with E-state index in [1.54, 1.807) is 12.2 Å². The fourth-order valence-corrected chi connectivity index (χ4v) is 7.37. The van der Waals surface area contributed by atoms with E-state index in [-0.39, 0.29) is 29.0 Å². The van der Waals surface area contributed by atoms with Crippen molar-refractivity contribution in [1.82, 2.24) is 0 Å². The summed E-state index contributed by atoms with van der Waals surface area (Å²) in [6, 6.07) is 0. The summed E-state index contributed by atoms with van der Waals surface area (Å²) in [5.41, 5.74) is -1.43. The number of aliphatic hydroxyl groups is 2. The molecule has 7 atom stereocenters. The lowest BCUT2D eigenvalue weighted by molar-refractivity contribution is -0.198. The van der Waals surface area contributed by atoms with E-state index in [1.807, 2.05) is 13.0 Å². The summed E-state index contributed by atoms with van der Waals surface area (Å²) in [6.45, 7) is 4.63. The SMILES string of the molecule is CC(=O)O[C@]1(C(=O)CO)CC[C@H]2[C@H]3CCC4=CC(=O)C=C[C@]4(C)[C@H]3[C@@H](O)C[C@@]21C. The molecule has 0 spiro atoms. The zero-order chi connectivity index (χ0) is 21.2. The number of fused-ring (bicyclic) bond motifs is 5. The van der Waals surface area contributed by atoms with E-state index in [9.17, 15) is 24.6 Å². The highest BCUT2D eigenvalue weighted by molar-refractivity contribution is 6.01. The van der Waals surface area contributed by atoms with E-state index in [0.717, 1.165) is 18.4 Å². The summed E-state index contributed by atoms with van der Waals surface area (Å²) >= 11 is 0. The monoisotopic (exact) mass is 402 g/mol. The van der Waals surface area contributed by atoms with Crippen LogP contribution in [0.2, 0.25) is 0 Å². The predicted molar refractivity (Wildman–Crippen MR) is 105 cm³/mol. The third kappa shape index (κ3) is 2.65. The first kappa shape index (κ1) is 20.5. The van der Waals surface area contributed by atoms with E-state index in [2.05, 4.69) is 6.92 Å². The molecule has 2 N–H and O–H groups in total. The fourth-order valence-electron chi connectivity index (χ4n) is 7.37. The molecule has 3 saturated carbocycles. The van der Waals surface area contributed by atoms with Gasteiger partial charge in [-0.2, -0.15) is 0 Å². The van der Waals surface area contributed by atoms with Crippen molar-refractivity contribution in [2.45, 2.75) is 64.6 Å². The molecular formula is C23H30O6. The first-order valence-corrected chi connectivity index (χ1v) is 10.5. The topological polar surface area (TPSA) is 101 Å². The summed E-state index contributed by atoms with van der Waals surface area (Å²) in [6.07, 6.45) is 7.56. The van der Waals surface area contributed by atoms with Crippen LogP contribution in [0.1, 0.15) is 52.9 Å². The number of ether oxygens (including phenoxy) is 1. The first-order chi connectivity index (χ1) is 13.6. The highest BCUT2D eigenvalue weighted by Gasteiger charge is 2.70. The number of allylic oxidation sites excluding steroid dienone is 4. The van der Waals surface area contributed by atoms with E-state index in [0.29, 0.717) is 19.3 Å². The Balaban J connectivity index is 1.77. The van der Waals surface area contributed by atoms with Crippen molar-refractivity contribution in [1.29, 1.82) is 0 Å². The van der Waals surface area contributed by atoms with Gasteiger partial charge in [0.2, 0.25) is 5.78 Å². The highest BCUT2D eigenvalue weighted by atomic mass is 16.6. The number of ketones is 2. The van der Waals surface area contributed by atoms with Gasteiger partial charge in [-0.05, 0) is 56.1 Å². The zero-order valence-corrected chi connectivity index (χ0v) is 17.3. The molecule has 0 saturated heterocycles. The molecule has 0 amide bonds. The van der Waals surface area contributed by atoms with Crippen molar-refractivity contribution in [3.05, 3.63) is 23.8 Å². The molecule has 4 rings (SSSR count). The maximum Gasteiger partial charge on any atom is 0.303 e. The third-order valence-electron chi connectivity index (χ3n) is 8.53. The lowest BCUT2D eigenvalue weighted by Crippen LogP contribution is -2.62. The van der Waals surface area contributed by atoms with Crippen LogP contribution in [-0.2, 0) is 19.1 Å². The van der Waals surface area contributed by atoms with Crippen LogP contribution in [0.3, 0.4) is 0 Å². The molecule has 0 heterocycles. The number of esters is 1. The molecule has 6 nitrogen and oxygen atoms in total. The highest BCUT2D eigenvalue weighted by Crippen LogP contribution is 2.67. The number of hydrogen-bond acceptors (Lipinski definition) is 6. The van der Waals surface area contributed by atoms with Gasteiger partial charge in [0.15, 0.2) is 11.4 Å². The van der Waals surface area contributed by atoms with Gasteiger partial charge in [0.1, 0.15) is 6.61 Å². The second-order valence-electron chi connectivity index (χ2n) is 9.75. The number of hydrogen-bond donors (Lipinski definition) is 2. The summed E-state index contributed by atoms with van der Waals surface area (Å²) in [5, 5.41) is 21.0. The molecule has 0 unspecified atom stereocenters. The molecule has 4 aliphatic carbocycles. The summed E-state index contributed by atoms with van der Waals surface area (Å²) in [4.78, 5) is 36.7. The van der Waals surface area contributed by atoms with E-state index >= 15 is 0 Å². The van der Waals surface area contributed by atoms with Crippen LogP contribution in [-0.4, -0.2) is 46.1 Å². The number of aliphatic hydroxyl groups excluding tert-OH is 2. The van der Waals surface area contributed by atoms with Gasteiger partial charge in [0, 0.05) is 23.7 Å². The van der Waals surface area contributed by atoms with E-state index in [1.165, 1.54) is 6.92 Å². The van der Waals surface area contributed by atoms with Crippen LogP contribution in [0, 0.1) is 28.6 Å². The summed E-state index contributed by atoms with van der Waals surface area (Å²) in [5.74, 6) is -0.839. The van der Waals surface area contributed by atoms with Crippen molar-refractivity contribution in [2.75, 3.05) is 6.61 Å². The maximum absolute atomic E-state index is 12.9. The van der Waals surface area contributed by atoms with Crippen LogP contribution >= 0.6 is 0 Å². The largest absolute Gasteiger partial charge is 0.451 e. The van der Waals surface area contributed by atoms with Gasteiger partial charge in [0.05, 0.1) is 6.10 Å². The quantitative estimate of drug-likeness (QED) is 0.702. The molecule has 158 valence electrons. The molecule has 0 aromatic rings. The average Bonchev–Trinajstić information content (AvgIpc) is 2.93. The minimum Gasteiger partial charge on any atom is -0.451 e. The Bertz CT molecular complexity index is 827. The Hall–Kier alpha value is -1.79. The van der Waals surface area contributed by atoms with Gasteiger partial charge in [-0.15, -0.1) is 0 Å². The molecule has 0 aliphatic heterocycles. The van der Waals surface area contributed by atoms with E-state index in [4.69, 9.17) is 4.74 Å². The van der Waals surface area contributed by atoms with Gasteiger partial charge in [-0.1, -0.05) is 25.5 Å². The van der Waals surface area contributed by atoms with Crippen LogP contribution in [0.4, 0.5) is 0 Å². The third-order valence-corrected chi connectivity index (χ3v) is 8.53. The van der Waals surface area contributed by atoms with Gasteiger partial charge >= 0.3 is 5.97 Å². The van der Waals surface area contributed by atoms with Gasteiger partial charge < -0.3 is 14.9 Å². The lowest BCUT2D eigenvalue weighted by atomic mass is 9.46. The Morgan fingerprint density at radius 3 is 2.66 bits per heavy atom. The Kier molecular flexibility index (Phi) is 4.67. The van der Waals surface area contributed by atoms with Crippen molar-refractivity contribution >= 4 is 17.5 Å². The number of carbonyl (C=O) groups excluding carboxylic acids is 3. The van der Waals surface area contributed by atoms with Crippen LogP contribution < -0.4 is 0 Å². The molecule has 0 bridgehead atoms. The fraction of sp³-hybridized carbons (Fsp3) is 0.696. The molecule has 4 aliphatic rings. The number of Topliss-reactive ketones (excluding diaryl/α,β-unsaturated/α-hetero) is 1. The van der Waals surface area contributed by atoms with Gasteiger partial charge in [-0.3, -0.25) is 14.4 Å². The average molecular weight is 402 g/mol. The molecule has 0 radical (unpaired) electrons. The van der Waals surface area contributed by atoms with Crippen molar-refractivity contribution < 1.29 is 29.3 Å². The van der Waals surface area contributed by atoms with Crippen LogP contribution in [0.5, 0.6) is 0 Å². The smallest absolute Gasteiger partial charge is 0.303 e. The second kappa shape index (κ2) is 6.61. The standard InChI is InChI=1S/C23H30O6/c1-13(25)29-23(19(28)12-24)9-7-17-16-5-4-14-10-15(26)6-8-21(14,2)20(16)18(27)11-22(17,23)3/h6,8,10,16-18,20,24,27H,4-5,7,9,11-12H2,1-3H3/t16-,17+,18+,20-,21+,22+,23+/m1/s1. The van der Waals surface area contributed by atoms with Crippen molar-refractivity contribution in [3.8, 4) is 0 Å². The summed E-state index contributed by atoms with van der Waals surface area (Å²) in [7, 11) is 0. The van der Waals surface area contributed by atoms with Gasteiger partial charge in [0.25, 0.3) is 0 Å². The minimum absolute atomic E-state index is 0.00523. The Morgan fingerprint density at radius 1 is 1.28 bits per heavy atom. The zero-order valence-electron chi connectivity index (χ0n) is 17.3. The second-order valence-corrected chi connectivity index (χ2v) is 9.75. The normalized spacial score (nSPS) is 45.7. The Morgan fingerprint density at radius 2 is 2.00 bits per heavy atom. The molecule has 6 heteroatoms. The number of carbonyl (C=O) groups is 3. The van der Waals surface area contributed by atoms with Crippen molar-refractivity contribution in [2.24, 2.45) is 28.6 Å². The maximum atomic E-state index is 12.9. The molecular weight excluding hydrogens is 372 g/mol. The van der Waals surface area contributed by atoms with Crippen molar-refractivity contribution in [3.63, 3.8) is 0 Å². The summed E-state index contributed by atoms with van der Waals surface area (Å²) < 4.78 is 5.67. The first-order valence-electron chi connectivity index (χ1n) is 10.5. The predicted octanol–water partition coefficient (Wildman–Crippen LogP) is 2.13. The lowest BCUT2D eigenvalue weighted by Gasteiger charge is -2.59. The molecule has 0 aromatic heterocycles. The van der Waals surface area contributed by atoms with Gasteiger partial charge in [-0.25, -0.2) is 0 Å². The van der Waals surface area contributed by atoms with E-state index < -0.39 is 35.5 Å². The van der Waals surface area contributed by atoms with Crippen LogP contribution in [0.15, 0.2) is 23.8 Å². The molecule has 29 heavy (non-hydrogen) atoms.